The van der Waals surface area contributed by atoms with Crippen molar-refractivity contribution in [3.63, 3.8) is 0 Å². The fourth-order valence-corrected chi connectivity index (χ4v) is 1.61. The van der Waals surface area contributed by atoms with Crippen LogP contribution in [-0.2, 0) is 9.59 Å². The maximum Gasteiger partial charge on any atom is 0.178 e. The third kappa shape index (κ3) is 1.29. The molecule has 0 radical (unpaired) electrons. The van der Waals surface area contributed by atoms with Crippen LogP contribution in [0.2, 0.25) is 0 Å². The molecule has 0 bridgehead atoms. The molecular formula is C8H8Cl2O2. The maximum absolute atomic E-state index is 11.3. The van der Waals surface area contributed by atoms with E-state index in [9.17, 15) is 9.59 Å². The lowest BCUT2D eigenvalue weighted by molar-refractivity contribution is -0.121. The van der Waals surface area contributed by atoms with Crippen LogP contribution < -0.4 is 0 Å². The van der Waals surface area contributed by atoms with Gasteiger partial charge in [0.2, 0.25) is 0 Å². The van der Waals surface area contributed by atoms with Crippen molar-refractivity contribution >= 4 is 34.8 Å². The van der Waals surface area contributed by atoms with Crippen LogP contribution in [0.5, 0.6) is 0 Å². The van der Waals surface area contributed by atoms with E-state index in [2.05, 4.69) is 0 Å². The van der Waals surface area contributed by atoms with Gasteiger partial charge in [-0.05, 0) is 13.8 Å². The number of allylic oxidation sites excluding steroid dienone is 2. The second-order valence-corrected chi connectivity index (χ2v) is 3.72. The number of carbonyl (C=O) groups excluding carboxylic acids is 2. The smallest absolute Gasteiger partial charge is 0.178 e. The van der Waals surface area contributed by atoms with Gasteiger partial charge in [0.05, 0.1) is 0 Å². The molecule has 1 rings (SSSR count). The van der Waals surface area contributed by atoms with Gasteiger partial charge in [-0.2, -0.15) is 0 Å². The van der Waals surface area contributed by atoms with Crippen LogP contribution in [0.3, 0.4) is 0 Å². The Labute approximate surface area is 80.5 Å². The van der Waals surface area contributed by atoms with Gasteiger partial charge in [-0.25, -0.2) is 0 Å². The Morgan fingerprint density at radius 3 is 1.42 bits per heavy atom. The SMILES string of the molecule is CC1=C(C)C(=O)C(Cl)C(Cl)C1=O. The number of Topliss-reactive ketones (excluding diaryl/α,β-unsaturated/α-hetero) is 2. The molecule has 1 aliphatic rings. The van der Waals surface area contributed by atoms with Crippen molar-refractivity contribution in [2.75, 3.05) is 0 Å². The summed E-state index contributed by atoms with van der Waals surface area (Å²) < 4.78 is 0. The van der Waals surface area contributed by atoms with Gasteiger partial charge in [0.15, 0.2) is 11.6 Å². The molecule has 4 heteroatoms. The lowest BCUT2D eigenvalue weighted by atomic mass is 9.91. The van der Waals surface area contributed by atoms with Crippen LogP contribution in [0.4, 0.5) is 0 Å². The standard InChI is InChI=1S/C8H8Cl2O2/c1-3-4(2)8(12)6(10)5(9)7(3)11/h5-6H,1-2H3. The molecule has 66 valence electrons. The van der Waals surface area contributed by atoms with Crippen LogP contribution in [0, 0.1) is 0 Å². The summed E-state index contributed by atoms with van der Waals surface area (Å²) in [5, 5.41) is -1.80. The first-order valence-corrected chi connectivity index (χ1v) is 4.38. The van der Waals surface area contributed by atoms with Crippen molar-refractivity contribution in [3.8, 4) is 0 Å². The molecule has 0 spiro atoms. The molecule has 0 aromatic carbocycles. The van der Waals surface area contributed by atoms with E-state index in [4.69, 9.17) is 23.2 Å². The average molecular weight is 207 g/mol. The first-order valence-electron chi connectivity index (χ1n) is 3.51. The normalized spacial score (nSPS) is 31.3. The van der Waals surface area contributed by atoms with Crippen LogP contribution in [0.15, 0.2) is 11.1 Å². The van der Waals surface area contributed by atoms with E-state index >= 15 is 0 Å². The first kappa shape index (κ1) is 9.75. The van der Waals surface area contributed by atoms with Gasteiger partial charge in [0.25, 0.3) is 0 Å². The predicted octanol–water partition coefficient (Wildman–Crippen LogP) is 1.69. The minimum absolute atomic E-state index is 0.242. The van der Waals surface area contributed by atoms with E-state index in [0.717, 1.165) is 0 Å². The summed E-state index contributed by atoms with van der Waals surface area (Å²) >= 11 is 11.3. The highest BCUT2D eigenvalue weighted by atomic mass is 35.5. The van der Waals surface area contributed by atoms with Crippen LogP contribution >= 0.6 is 23.2 Å². The van der Waals surface area contributed by atoms with E-state index in [1.165, 1.54) is 0 Å². The highest BCUT2D eigenvalue weighted by molar-refractivity contribution is 6.48. The molecule has 0 N–H and O–H groups in total. The highest BCUT2D eigenvalue weighted by Gasteiger charge is 2.37. The van der Waals surface area contributed by atoms with Crippen molar-refractivity contribution in [3.05, 3.63) is 11.1 Å². The molecule has 0 amide bonds. The third-order valence-corrected chi connectivity index (χ3v) is 3.09. The Morgan fingerprint density at radius 1 is 0.917 bits per heavy atom. The molecule has 0 aliphatic heterocycles. The van der Waals surface area contributed by atoms with Gasteiger partial charge >= 0.3 is 0 Å². The van der Waals surface area contributed by atoms with E-state index in [1.54, 1.807) is 13.8 Å². The summed E-state index contributed by atoms with van der Waals surface area (Å²) in [5.74, 6) is -0.484. The fraction of sp³-hybridized carbons (Fsp3) is 0.500. The second kappa shape index (κ2) is 3.19. The minimum atomic E-state index is -0.900. The Bertz CT molecular complexity index is 253. The van der Waals surface area contributed by atoms with E-state index in [0.29, 0.717) is 11.1 Å². The molecular weight excluding hydrogens is 199 g/mol. The van der Waals surface area contributed by atoms with Crippen molar-refractivity contribution in [1.29, 1.82) is 0 Å². The van der Waals surface area contributed by atoms with Gasteiger partial charge in [-0.3, -0.25) is 9.59 Å². The molecule has 0 saturated carbocycles. The van der Waals surface area contributed by atoms with E-state index < -0.39 is 10.8 Å². The van der Waals surface area contributed by atoms with Crippen molar-refractivity contribution in [1.82, 2.24) is 0 Å². The molecule has 2 unspecified atom stereocenters. The molecule has 0 saturated heterocycles. The zero-order chi connectivity index (χ0) is 9.46. The molecule has 1 aliphatic carbocycles. The lowest BCUT2D eigenvalue weighted by Gasteiger charge is -2.21. The monoisotopic (exact) mass is 206 g/mol. The number of hydrogen-bond donors (Lipinski definition) is 0. The Hall–Kier alpha value is -0.340. The number of carbonyl (C=O) groups is 2. The minimum Gasteiger partial charge on any atom is -0.293 e. The molecule has 0 aromatic rings. The number of halogens is 2. The molecule has 12 heavy (non-hydrogen) atoms. The predicted molar refractivity (Wildman–Crippen MR) is 47.7 cm³/mol. The number of ketones is 2. The Morgan fingerprint density at radius 2 is 1.17 bits per heavy atom. The summed E-state index contributed by atoms with van der Waals surface area (Å²) in [7, 11) is 0. The van der Waals surface area contributed by atoms with Crippen LogP contribution in [-0.4, -0.2) is 22.3 Å². The average Bonchev–Trinajstić information content (AvgIpc) is 2.08. The number of rotatable bonds is 0. The highest BCUT2D eigenvalue weighted by Crippen LogP contribution is 2.26. The number of hydrogen-bond acceptors (Lipinski definition) is 2. The van der Waals surface area contributed by atoms with Gasteiger partial charge in [-0.15, -0.1) is 23.2 Å². The zero-order valence-electron chi connectivity index (χ0n) is 6.73. The molecule has 0 fully saturated rings. The molecule has 2 atom stereocenters. The molecule has 0 heterocycles. The van der Waals surface area contributed by atoms with Crippen molar-refractivity contribution in [2.45, 2.75) is 24.6 Å². The van der Waals surface area contributed by atoms with Gasteiger partial charge in [0.1, 0.15) is 10.8 Å². The molecule has 0 aromatic heterocycles. The largest absolute Gasteiger partial charge is 0.293 e. The Kier molecular flexibility index (Phi) is 2.59. The Balaban J connectivity index is 3.17. The summed E-state index contributed by atoms with van der Waals surface area (Å²) in [6, 6.07) is 0. The van der Waals surface area contributed by atoms with Gasteiger partial charge in [0, 0.05) is 11.1 Å². The van der Waals surface area contributed by atoms with Crippen LogP contribution in [0.1, 0.15) is 13.8 Å². The lowest BCUT2D eigenvalue weighted by Crippen LogP contribution is -2.38. The topological polar surface area (TPSA) is 34.1 Å². The summed E-state index contributed by atoms with van der Waals surface area (Å²) in [6.07, 6.45) is 0. The van der Waals surface area contributed by atoms with Crippen LogP contribution in [0.25, 0.3) is 0 Å². The fourth-order valence-electron chi connectivity index (χ4n) is 1.05. The van der Waals surface area contributed by atoms with Crippen molar-refractivity contribution in [2.24, 2.45) is 0 Å². The summed E-state index contributed by atoms with van der Waals surface area (Å²) in [6.45, 7) is 3.18. The quantitative estimate of drug-likeness (QED) is 0.566. The summed E-state index contributed by atoms with van der Waals surface area (Å²) in [5.41, 5.74) is 0.855. The van der Waals surface area contributed by atoms with Gasteiger partial charge < -0.3 is 0 Å². The summed E-state index contributed by atoms with van der Waals surface area (Å²) in [4.78, 5) is 22.5. The molecule has 2 nitrogen and oxygen atoms in total. The zero-order valence-corrected chi connectivity index (χ0v) is 8.24. The maximum atomic E-state index is 11.3. The third-order valence-electron chi connectivity index (χ3n) is 2.06. The number of alkyl halides is 2. The van der Waals surface area contributed by atoms with E-state index in [1.807, 2.05) is 0 Å². The van der Waals surface area contributed by atoms with Gasteiger partial charge in [-0.1, -0.05) is 0 Å². The second-order valence-electron chi connectivity index (χ2n) is 2.78. The van der Waals surface area contributed by atoms with Crippen molar-refractivity contribution < 1.29 is 9.59 Å². The first-order chi connectivity index (χ1) is 5.46. The van der Waals surface area contributed by atoms with E-state index in [-0.39, 0.29) is 11.6 Å².